The van der Waals surface area contributed by atoms with Crippen LogP contribution in [0.3, 0.4) is 0 Å². The van der Waals surface area contributed by atoms with Crippen molar-refractivity contribution in [3.8, 4) is 5.75 Å². The molecular formula is C14H22N2O2. The predicted molar refractivity (Wildman–Crippen MR) is 73.5 cm³/mol. The van der Waals surface area contributed by atoms with Gasteiger partial charge >= 0.3 is 0 Å². The lowest BCUT2D eigenvalue weighted by molar-refractivity contribution is 0.146. The third-order valence-corrected chi connectivity index (χ3v) is 3.23. The number of anilines is 1. The second-order valence-electron chi connectivity index (χ2n) is 4.58. The van der Waals surface area contributed by atoms with E-state index in [1.807, 2.05) is 12.1 Å². The molecule has 1 N–H and O–H groups in total. The Labute approximate surface area is 109 Å². The quantitative estimate of drug-likeness (QED) is 0.803. The van der Waals surface area contributed by atoms with E-state index in [0.29, 0.717) is 19.3 Å². The summed E-state index contributed by atoms with van der Waals surface area (Å²) in [5, 5.41) is 3.40. The van der Waals surface area contributed by atoms with Crippen molar-refractivity contribution in [2.45, 2.75) is 13.0 Å². The molecule has 1 aromatic carbocycles. The van der Waals surface area contributed by atoms with Crippen LogP contribution in [0.25, 0.3) is 0 Å². The Kier molecular flexibility index (Phi) is 4.84. The monoisotopic (exact) mass is 250 g/mol. The first-order valence-corrected chi connectivity index (χ1v) is 6.50. The molecule has 4 heteroatoms. The Morgan fingerprint density at radius 1 is 1.28 bits per heavy atom. The highest BCUT2D eigenvalue weighted by Gasteiger charge is 2.17. The molecule has 0 aromatic heterocycles. The van der Waals surface area contributed by atoms with Crippen molar-refractivity contribution in [2.24, 2.45) is 0 Å². The van der Waals surface area contributed by atoms with Crippen molar-refractivity contribution in [2.75, 3.05) is 44.9 Å². The highest BCUT2D eigenvalue weighted by Crippen LogP contribution is 2.21. The largest absolute Gasteiger partial charge is 0.491 e. The van der Waals surface area contributed by atoms with Crippen LogP contribution in [0.15, 0.2) is 24.3 Å². The zero-order valence-corrected chi connectivity index (χ0v) is 11.2. The first-order chi connectivity index (χ1) is 8.81. The van der Waals surface area contributed by atoms with Crippen molar-refractivity contribution in [3.63, 3.8) is 0 Å². The number of nitrogens with one attached hydrogen (secondary N) is 1. The molecule has 0 spiro atoms. The molecule has 0 aliphatic carbocycles. The van der Waals surface area contributed by atoms with Gasteiger partial charge in [-0.2, -0.15) is 0 Å². The van der Waals surface area contributed by atoms with Crippen molar-refractivity contribution in [1.29, 1.82) is 0 Å². The molecule has 0 saturated carbocycles. The fourth-order valence-electron chi connectivity index (χ4n) is 2.20. The van der Waals surface area contributed by atoms with E-state index in [0.717, 1.165) is 25.4 Å². The van der Waals surface area contributed by atoms with E-state index in [1.165, 1.54) is 5.69 Å². The van der Waals surface area contributed by atoms with Gasteiger partial charge in [0.25, 0.3) is 0 Å². The van der Waals surface area contributed by atoms with Crippen molar-refractivity contribution >= 4 is 5.69 Å². The summed E-state index contributed by atoms with van der Waals surface area (Å²) in [5.41, 5.74) is 1.27. The zero-order valence-electron chi connectivity index (χ0n) is 11.2. The SMILES string of the molecule is COCCOc1ccc(N2CCNCC2C)cc1. The Hall–Kier alpha value is -1.26. The third kappa shape index (κ3) is 3.37. The van der Waals surface area contributed by atoms with Crippen LogP contribution in [0.1, 0.15) is 6.92 Å². The minimum atomic E-state index is 0.541. The average Bonchev–Trinajstić information content (AvgIpc) is 2.41. The Bertz CT molecular complexity index is 353. The van der Waals surface area contributed by atoms with Crippen LogP contribution in [0.5, 0.6) is 5.75 Å². The van der Waals surface area contributed by atoms with Gasteiger partial charge in [0.2, 0.25) is 0 Å². The topological polar surface area (TPSA) is 33.7 Å². The van der Waals surface area contributed by atoms with Gasteiger partial charge in [-0.3, -0.25) is 0 Å². The van der Waals surface area contributed by atoms with Crippen LogP contribution in [0, 0.1) is 0 Å². The van der Waals surface area contributed by atoms with E-state index < -0.39 is 0 Å². The van der Waals surface area contributed by atoms with E-state index in [-0.39, 0.29) is 0 Å². The van der Waals surface area contributed by atoms with Gasteiger partial charge in [0, 0.05) is 38.5 Å². The number of hydrogen-bond acceptors (Lipinski definition) is 4. The number of nitrogens with zero attached hydrogens (tertiary/aromatic N) is 1. The van der Waals surface area contributed by atoms with E-state index in [1.54, 1.807) is 7.11 Å². The highest BCUT2D eigenvalue weighted by molar-refractivity contribution is 5.50. The van der Waals surface area contributed by atoms with Gasteiger partial charge in [-0.25, -0.2) is 0 Å². The Morgan fingerprint density at radius 2 is 2.06 bits per heavy atom. The lowest BCUT2D eigenvalue weighted by Crippen LogP contribution is -2.49. The summed E-state index contributed by atoms with van der Waals surface area (Å²) >= 11 is 0. The summed E-state index contributed by atoms with van der Waals surface area (Å²) < 4.78 is 10.5. The molecule has 1 atom stereocenters. The van der Waals surface area contributed by atoms with E-state index >= 15 is 0 Å². The maximum atomic E-state index is 5.56. The molecule has 1 aliphatic rings. The number of rotatable bonds is 5. The molecule has 0 bridgehead atoms. The average molecular weight is 250 g/mol. The maximum absolute atomic E-state index is 5.56. The summed E-state index contributed by atoms with van der Waals surface area (Å²) in [5.74, 6) is 0.901. The van der Waals surface area contributed by atoms with Crippen molar-refractivity contribution in [3.05, 3.63) is 24.3 Å². The van der Waals surface area contributed by atoms with Crippen LogP contribution in [0.2, 0.25) is 0 Å². The zero-order chi connectivity index (χ0) is 12.8. The summed E-state index contributed by atoms with van der Waals surface area (Å²) in [7, 11) is 1.68. The van der Waals surface area contributed by atoms with Crippen LogP contribution in [-0.4, -0.2) is 46.0 Å². The van der Waals surface area contributed by atoms with Crippen molar-refractivity contribution < 1.29 is 9.47 Å². The molecule has 2 rings (SSSR count). The number of piperazine rings is 1. The first-order valence-electron chi connectivity index (χ1n) is 6.50. The molecule has 18 heavy (non-hydrogen) atoms. The van der Waals surface area contributed by atoms with E-state index in [9.17, 15) is 0 Å². The highest BCUT2D eigenvalue weighted by atomic mass is 16.5. The molecule has 1 fully saturated rings. The van der Waals surface area contributed by atoms with Gasteiger partial charge < -0.3 is 19.7 Å². The van der Waals surface area contributed by atoms with Crippen LogP contribution >= 0.6 is 0 Å². The molecule has 1 unspecified atom stereocenters. The van der Waals surface area contributed by atoms with Crippen LogP contribution in [-0.2, 0) is 4.74 Å². The van der Waals surface area contributed by atoms with Gasteiger partial charge in [-0.05, 0) is 31.2 Å². The number of methoxy groups -OCH3 is 1. The molecule has 1 heterocycles. The van der Waals surface area contributed by atoms with Gasteiger partial charge in [0.15, 0.2) is 0 Å². The Morgan fingerprint density at radius 3 is 2.72 bits per heavy atom. The van der Waals surface area contributed by atoms with Gasteiger partial charge in [0.05, 0.1) is 6.61 Å². The first kappa shape index (κ1) is 13.2. The number of benzene rings is 1. The smallest absolute Gasteiger partial charge is 0.119 e. The number of ether oxygens (including phenoxy) is 2. The van der Waals surface area contributed by atoms with Gasteiger partial charge in [-0.1, -0.05) is 0 Å². The molecule has 1 aliphatic heterocycles. The standard InChI is InChI=1S/C14H22N2O2/c1-12-11-15-7-8-16(12)13-3-5-14(6-4-13)18-10-9-17-2/h3-6,12,15H,7-11H2,1-2H3. The molecule has 100 valence electrons. The third-order valence-electron chi connectivity index (χ3n) is 3.23. The summed E-state index contributed by atoms with van der Waals surface area (Å²) in [6, 6.07) is 8.85. The number of hydrogen-bond donors (Lipinski definition) is 1. The maximum Gasteiger partial charge on any atom is 0.119 e. The lowest BCUT2D eigenvalue weighted by Gasteiger charge is -2.35. The normalized spacial score (nSPS) is 19.9. The summed E-state index contributed by atoms with van der Waals surface area (Å²) in [6.45, 7) is 6.62. The summed E-state index contributed by atoms with van der Waals surface area (Å²) in [4.78, 5) is 2.43. The van der Waals surface area contributed by atoms with Crippen LogP contribution < -0.4 is 15.0 Å². The summed E-state index contributed by atoms with van der Waals surface area (Å²) in [6.07, 6.45) is 0. The second-order valence-corrected chi connectivity index (χ2v) is 4.58. The van der Waals surface area contributed by atoms with E-state index in [2.05, 4.69) is 29.3 Å². The molecule has 4 nitrogen and oxygen atoms in total. The van der Waals surface area contributed by atoms with Crippen LogP contribution in [0.4, 0.5) is 5.69 Å². The molecule has 0 radical (unpaired) electrons. The van der Waals surface area contributed by atoms with Gasteiger partial charge in [-0.15, -0.1) is 0 Å². The van der Waals surface area contributed by atoms with E-state index in [4.69, 9.17) is 9.47 Å². The molecular weight excluding hydrogens is 228 g/mol. The molecule has 1 aromatic rings. The second kappa shape index (κ2) is 6.61. The Balaban J connectivity index is 1.94. The fraction of sp³-hybridized carbons (Fsp3) is 0.571. The minimum Gasteiger partial charge on any atom is -0.491 e. The lowest BCUT2D eigenvalue weighted by atomic mass is 10.2. The molecule has 1 saturated heterocycles. The minimum absolute atomic E-state index is 0.541. The molecule has 0 amide bonds. The van der Waals surface area contributed by atoms with Gasteiger partial charge in [0.1, 0.15) is 12.4 Å². The van der Waals surface area contributed by atoms with Crippen molar-refractivity contribution in [1.82, 2.24) is 5.32 Å². The fourth-order valence-corrected chi connectivity index (χ4v) is 2.20. The predicted octanol–water partition coefficient (Wildman–Crippen LogP) is 1.51.